The molecule has 22 heavy (non-hydrogen) atoms. The number of nitrogens with zero attached hydrogens (tertiary/aromatic N) is 1. The molecule has 0 spiro atoms. The molecule has 1 aliphatic heterocycles. The number of hydrogen-bond acceptors (Lipinski definition) is 4. The molecule has 1 aliphatic rings. The molecule has 1 fully saturated rings. The fraction of sp³-hybridized carbons (Fsp3) is 0.417. The number of amides is 1. The first-order chi connectivity index (χ1) is 10.1. The second-order valence-corrected chi connectivity index (χ2v) is 7.64. The predicted octanol–water partition coefficient (Wildman–Crippen LogP) is 2.25. The van der Waals surface area contributed by atoms with Crippen molar-refractivity contribution in [1.82, 2.24) is 4.90 Å². The number of para-hydroxylation sites is 1. The number of carbonyl (C=O) groups is 1. The monoisotopic (exact) mass is 357 g/mol. The van der Waals surface area contributed by atoms with Gasteiger partial charge in [0.2, 0.25) is 15.0 Å². The van der Waals surface area contributed by atoms with Gasteiger partial charge in [-0.15, -0.1) is 13.2 Å². The van der Waals surface area contributed by atoms with Crippen LogP contribution < -0.4 is 4.74 Å². The minimum atomic E-state index is -4.85. The highest BCUT2D eigenvalue weighted by Crippen LogP contribution is 2.29. The minimum absolute atomic E-state index is 0.126. The number of carbonyl (C=O) groups excluding carboxylic acids is 1. The second-order valence-electron chi connectivity index (χ2n) is 4.73. The molecule has 5 nitrogen and oxygen atoms in total. The zero-order valence-electron chi connectivity index (χ0n) is 11.0. The highest BCUT2D eigenvalue weighted by molar-refractivity contribution is 8.14. The molecule has 0 aliphatic carbocycles. The molecule has 1 unspecified atom stereocenters. The van der Waals surface area contributed by atoms with Crippen molar-refractivity contribution in [1.29, 1.82) is 0 Å². The van der Waals surface area contributed by atoms with Crippen LogP contribution in [0.5, 0.6) is 5.75 Å². The van der Waals surface area contributed by atoms with Gasteiger partial charge in [0.05, 0.1) is 0 Å². The summed E-state index contributed by atoms with van der Waals surface area (Å²) in [7, 11) is 1.31. The van der Waals surface area contributed by atoms with Gasteiger partial charge in [-0.2, -0.15) is 0 Å². The Balaban J connectivity index is 2.16. The molecule has 2 rings (SSSR count). The first-order valence-corrected chi connectivity index (χ1v) is 8.48. The van der Waals surface area contributed by atoms with Crippen LogP contribution in [0.25, 0.3) is 0 Å². The van der Waals surface area contributed by atoms with E-state index in [1.54, 1.807) is 0 Å². The van der Waals surface area contributed by atoms with E-state index in [0.717, 1.165) is 11.0 Å². The fourth-order valence-electron chi connectivity index (χ4n) is 2.14. The maximum absolute atomic E-state index is 12.3. The lowest BCUT2D eigenvalue weighted by Crippen LogP contribution is -2.27. The molecule has 1 atom stereocenters. The van der Waals surface area contributed by atoms with Crippen molar-refractivity contribution in [2.75, 3.05) is 6.54 Å². The molecule has 1 aromatic carbocycles. The van der Waals surface area contributed by atoms with Crippen molar-refractivity contribution in [3.63, 3.8) is 0 Å². The first-order valence-electron chi connectivity index (χ1n) is 6.11. The number of alkyl halides is 3. The lowest BCUT2D eigenvalue weighted by atomic mass is 10.2. The van der Waals surface area contributed by atoms with E-state index in [0.29, 0.717) is 0 Å². The Morgan fingerprint density at radius 2 is 1.95 bits per heavy atom. The smallest absolute Gasteiger partial charge is 0.405 e. The van der Waals surface area contributed by atoms with Crippen LogP contribution in [0.15, 0.2) is 24.3 Å². The topological polar surface area (TPSA) is 63.7 Å². The second kappa shape index (κ2) is 5.96. The van der Waals surface area contributed by atoms with Crippen LogP contribution in [0.1, 0.15) is 12.0 Å². The van der Waals surface area contributed by atoms with Crippen LogP contribution >= 0.6 is 10.7 Å². The van der Waals surface area contributed by atoms with Crippen LogP contribution in [0.4, 0.5) is 13.2 Å². The summed E-state index contributed by atoms with van der Waals surface area (Å²) in [6.07, 6.45) is -5.14. The van der Waals surface area contributed by atoms with Crippen LogP contribution in [-0.4, -0.2) is 37.4 Å². The van der Waals surface area contributed by atoms with E-state index in [2.05, 4.69) is 4.74 Å². The number of rotatable bonds is 4. The summed E-state index contributed by atoms with van der Waals surface area (Å²) in [5, 5.41) is -1.06. The molecule has 10 heteroatoms. The summed E-state index contributed by atoms with van der Waals surface area (Å²) >= 11 is 0. The molecule has 0 radical (unpaired) electrons. The van der Waals surface area contributed by atoms with Gasteiger partial charge < -0.3 is 9.64 Å². The molecule has 0 saturated carbocycles. The van der Waals surface area contributed by atoms with E-state index >= 15 is 0 Å². The van der Waals surface area contributed by atoms with Crippen molar-refractivity contribution in [3.8, 4) is 5.75 Å². The molecular weight excluding hydrogens is 347 g/mol. The highest BCUT2D eigenvalue weighted by atomic mass is 35.7. The van der Waals surface area contributed by atoms with Gasteiger partial charge in [-0.25, -0.2) is 8.42 Å². The maximum atomic E-state index is 12.3. The van der Waals surface area contributed by atoms with Crippen molar-refractivity contribution < 1.29 is 31.1 Å². The molecule has 0 bridgehead atoms. The molecule has 0 aromatic heterocycles. The Labute approximate surface area is 129 Å². The van der Waals surface area contributed by atoms with Gasteiger partial charge in [-0.1, -0.05) is 18.2 Å². The van der Waals surface area contributed by atoms with Crippen LogP contribution in [0.2, 0.25) is 0 Å². The summed E-state index contributed by atoms with van der Waals surface area (Å²) in [6.45, 7) is -0.348. The predicted molar refractivity (Wildman–Crippen MR) is 71.7 cm³/mol. The highest BCUT2D eigenvalue weighted by Gasteiger charge is 2.38. The Kier molecular flexibility index (Phi) is 4.57. The van der Waals surface area contributed by atoms with E-state index in [-0.39, 0.29) is 25.1 Å². The standard InChI is InChI=1S/C12H11ClF3NO4S/c13-22(19,20)9-5-11(18)17(7-9)6-8-3-1-2-4-10(8)21-12(14,15)16/h1-4,9H,5-7H2. The Hall–Kier alpha value is -1.48. The summed E-state index contributed by atoms with van der Waals surface area (Å²) in [6, 6.07) is 5.35. The maximum Gasteiger partial charge on any atom is 0.573 e. The zero-order valence-corrected chi connectivity index (χ0v) is 12.6. The number of halogens is 4. The van der Waals surface area contributed by atoms with Gasteiger partial charge in [-0.3, -0.25) is 4.79 Å². The summed E-state index contributed by atoms with van der Waals surface area (Å²) in [4.78, 5) is 12.9. The third-order valence-corrected chi connectivity index (χ3v) is 5.00. The average molecular weight is 358 g/mol. The number of likely N-dealkylation sites (tertiary alicyclic amines) is 1. The van der Waals surface area contributed by atoms with Crippen molar-refractivity contribution in [2.24, 2.45) is 0 Å². The summed E-state index contributed by atoms with van der Waals surface area (Å²) in [5.74, 6) is -0.920. The Morgan fingerprint density at radius 1 is 1.32 bits per heavy atom. The van der Waals surface area contributed by atoms with E-state index in [4.69, 9.17) is 10.7 Å². The quantitative estimate of drug-likeness (QED) is 0.775. The van der Waals surface area contributed by atoms with Crippen LogP contribution in [0, 0.1) is 0 Å². The molecule has 122 valence electrons. The third kappa shape index (κ3) is 4.26. The van der Waals surface area contributed by atoms with Crippen LogP contribution in [0.3, 0.4) is 0 Å². The Morgan fingerprint density at radius 3 is 2.50 bits per heavy atom. The molecule has 1 saturated heterocycles. The minimum Gasteiger partial charge on any atom is -0.405 e. The fourth-order valence-corrected chi connectivity index (χ4v) is 3.20. The van der Waals surface area contributed by atoms with Crippen LogP contribution in [-0.2, 0) is 20.4 Å². The zero-order chi connectivity index (χ0) is 16.5. The van der Waals surface area contributed by atoms with Gasteiger partial charge in [-0.05, 0) is 6.07 Å². The normalized spacial score (nSPS) is 19.5. The summed E-state index contributed by atoms with van der Waals surface area (Å²) in [5.41, 5.74) is 0.126. The average Bonchev–Trinajstić information content (AvgIpc) is 2.72. The van der Waals surface area contributed by atoms with Gasteiger partial charge in [0.25, 0.3) is 0 Å². The largest absolute Gasteiger partial charge is 0.573 e. The first kappa shape index (κ1) is 16.9. The van der Waals surface area contributed by atoms with E-state index in [9.17, 15) is 26.4 Å². The van der Waals surface area contributed by atoms with Crippen molar-refractivity contribution in [3.05, 3.63) is 29.8 Å². The SMILES string of the molecule is O=C1CC(S(=O)(=O)Cl)CN1Cc1ccccc1OC(F)(F)F. The molecule has 1 amide bonds. The Bertz CT molecular complexity index is 677. The number of hydrogen-bond donors (Lipinski definition) is 0. The lowest BCUT2D eigenvalue weighted by Gasteiger charge is -2.19. The van der Waals surface area contributed by atoms with E-state index < -0.39 is 32.3 Å². The van der Waals surface area contributed by atoms with Gasteiger partial charge in [0.1, 0.15) is 11.0 Å². The molecule has 1 aromatic rings. The molecular formula is C12H11ClF3NO4S. The van der Waals surface area contributed by atoms with Gasteiger partial charge in [0, 0.05) is 35.8 Å². The lowest BCUT2D eigenvalue weighted by molar-refractivity contribution is -0.275. The third-order valence-electron chi connectivity index (χ3n) is 3.14. The molecule has 0 N–H and O–H groups in total. The van der Waals surface area contributed by atoms with E-state index in [1.807, 2.05) is 0 Å². The van der Waals surface area contributed by atoms with Crippen molar-refractivity contribution in [2.45, 2.75) is 24.6 Å². The molecule has 1 heterocycles. The van der Waals surface area contributed by atoms with Gasteiger partial charge in [0.15, 0.2) is 0 Å². The van der Waals surface area contributed by atoms with Crippen molar-refractivity contribution >= 4 is 25.6 Å². The van der Waals surface area contributed by atoms with Gasteiger partial charge >= 0.3 is 6.36 Å². The number of benzene rings is 1. The number of ether oxygens (including phenoxy) is 1. The van der Waals surface area contributed by atoms with E-state index in [1.165, 1.54) is 18.2 Å². The summed E-state index contributed by atoms with van der Waals surface area (Å²) < 4.78 is 63.4.